The number of rotatable bonds is 6. The summed E-state index contributed by atoms with van der Waals surface area (Å²) in [6.45, 7) is 1.83. The fourth-order valence-electron chi connectivity index (χ4n) is 2.79. The van der Waals surface area contributed by atoms with E-state index >= 15 is 0 Å². The molecule has 0 fully saturated rings. The van der Waals surface area contributed by atoms with E-state index < -0.39 is 21.6 Å². The Hall–Kier alpha value is -2.43. The van der Waals surface area contributed by atoms with E-state index in [9.17, 15) is 9.00 Å². The lowest BCUT2D eigenvalue weighted by Crippen LogP contribution is -2.28. The molecule has 0 spiro atoms. The van der Waals surface area contributed by atoms with Crippen LogP contribution < -0.4 is 0 Å². The van der Waals surface area contributed by atoms with Gasteiger partial charge in [0.25, 0.3) is 0 Å². The molecule has 144 valence electrons. The first-order chi connectivity index (χ1) is 13.4. The van der Waals surface area contributed by atoms with Crippen LogP contribution >= 0.6 is 11.6 Å². The molecule has 28 heavy (non-hydrogen) atoms. The topological polar surface area (TPSA) is 43.4 Å². The minimum absolute atomic E-state index is 0.186. The highest BCUT2D eigenvalue weighted by Crippen LogP contribution is 2.32. The van der Waals surface area contributed by atoms with Crippen LogP contribution in [0.1, 0.15) is 18.1 Å². The van der Waals surface area contributed by atoms with Gasteiger partial charge in [-0.2, -0.15) is 0 Å². The van der Waals surface area contributed by atoms with Crippen LogP contribution in [0.4, 0.5) is 0 Å². The summed E-state index contributed by atoms with van der Waals surface area (Å²) in [5, 5.41) is 0. The molecule has 3 rings (SSSR count). The second kappa shape index (κ2) is 8.72. The van der Waals surface area contributed by atoms with Crippen molar-refractivity contribution >= 4 is 28.4 Å². The number of hydrogen-bond donors (Lipinski definition) is 0. The highest BCUT2D eigenvalue weighted by atomic mass is 35.5. The third kappa shape index (κ3) is 4.70. The number of benzene rings is 3. The second-order valence-electron chi connectivity index (χ2n) is 6.62. The molecule has 0 radical (unpaired) electrons. The van der Waals surface area contributed by atoms with Gasteiger partial charge in [-0.1, -0.05) is 66.7 Å². The van der Waals surface area contributed by atoms with Crippen molar-refractivity contribution in [2.45, 2.75) is 23.3 Å². The van der Waals surface area contributed by atoms with E-state index in [4.69, 9.17) is 16.3 Å². The van der Waals surface area contributed by atoms with Crippen molar-refractivity contribution in [3.63, 3.8) is 0 Å². The number of hydrogen-bond acceptors (Lipinski definition) is 3. The van der Waals surface area contributed by atoms with Crippen molar-refractivity contribution in [3.8, 4) is 11.1 Å². The molecule has 0 saturated carbocycles. The Labute approximate surface area is 172 Å². The lowest BCUT2D eigenvalue weighted by molar-refractivity contribution is -0.148. The molecule has 2 atom stereocenters. The number of halogens is 1. The summed E-state index contributed by atoms with van der Waals surface area (Å²) in [7, 11) is -0.999. The first kappa shape index (κ1) is 20.3. The van der Waals surface area contributed by atoms with Gasteiger partial charge in [-0.3, -0.25) is 4.21 Å². The van der Waals surface area contributed by atoms with Crippen LogP contribution in [-0.4, -0.2) is 16.4 Å². The van der Waals surface area contributed by atoms with Crippen LogP contribution in [0.15, 0.2) is 83.8 Å². The molecule has 0 saturated heterocycles. The molecule has 0 bridgehead atoms. The highest BCUT2D eigenvalue weighted by molar-refractivity contribution is 7.84. The van der Waals surface area contributed by atoms with Crippen LogP contribution in [0.3, 0.4) is 0 Å². The fraction of sp³-hybridized carbons (Fsp3) is 0.174. The molecule has 0 aliphatic heterocycles. The first-order valence-corrected chi connectivity index (χ1v) is 10.8. The Bertz CT molecular complexity index is 965. The van der Waals surface area contributed by atoms with E-state index in [1.807, 2.05) is 78.9 Å². The summed E-state index contributed by atoms with van der Waals surface area (Å²) in [4.78, 5) is 12.0. The van der Waals surface area contributed by atoms with Crippen LogP contribution in [-0.2, 0) is 31.8 Å². The van der Waals surface area contributed by atoms with Gasteiger partial charge in [0.05, 0.1) is 0 Å². The zero-order chi connectivity index (χ0) is 20.1. The van der Waals surface area contributed by atoms with Gasteiger partial charge in [-0.05, 0) is 41.3 Å². The fourth-order valence-corrected chi connectivity index (χ4v) is 3.49. The van der Waals surface area contributed by atoms with E-state index in [-0.39, 0.29) is 6.61 Å². The standard InChI is InChI=1S/C23H21ClO3S/c1-23(24,22(25)27-16-17-6-4-3-5-7-17)20-12-8-18(9-13-20)19-10-14-21(15-11-19)28(2)26/h3-15H,16H2,1-2H3. The molecule has 0 amide bonds. The van der Waals surface area contributed by atoms with Gasteiger partial charge in [-0.25, -0.2) is 4.79 Å². The molecule has 5 heteroatoms. The molecule has 0 N–H and O–H groups in total. The van der Waals surface area contributed by atoms with Crippen LogP contribution in [0.5, 0.6) is 0 Å². The van der Waals surface area contributed by atoms with E-state index in [1.54, 1.807) is 13.2 Å². The number of esters is 1. The van der Waals surface area contributed by atoms with Crippen molar-refractivity contribution in [2.24, 2.45) is 0 Å². The van der Waals surface area contributed by atoms with E-state index in [0.29, 0.717) is 5.56 Å². The largest absolute Gasteiger partial charge is 0.459 e. The minimum Gasteiger partial charge on any atom is -0.459 e. The molecule has 0 aliphatic rings. The monoisotopic (exact) mass is 412 g/mol. The second-order valence-corrected chi connectivity index (χ2v) is 8.76. The van der Waals surface area contributed by atoms with Crippen molar-refractivity contribution in [1.29, 1.82) is 0 Å². The zero-order valence-electron chi connectivity index (χ0n) is 15.7. The van der Waals surface area contributed by atoms with Crippen molar-refractivity contribution in [2.75, 3.05) is 6.26 Å². The van der Waals surface area contributed by atoms with Crippen molar-refractivity contribution in [1.82, 2.24) is 0 Å². The van der Waals surface area contributed by atoms with E-state index in [1.165, 1.54) is 0 Å². The molecule has 2 unspecified atom stereocenters. The van der Waals surface area contributed by atoms with Crippen LogP contribution in [0, 0.1) is 0 Å². The normalized spacial score (nSPS) is 14.1. The predicted molar refractivity (Wildman–Crippen MR) is 114 cm³/mol. The number of alkyl halides is 1. The van der Waals surface area contributed by atoms with Crippen LogP contribution in [0.25, 0.3) is 11.1 Å². The maximum absolute atomic E-state index is 12.5. The lowest BCUT2D eigenvalue weighted by Gasteiger charge is -2.21. The molecule has 3 aromatic carbocycles. The highest BCUT2D eigenvalue weighted by Gasteiger charge is 2.34. The summed E-state index contributed by atoms with van der Waals surface area (Å²) in [6, 6.07) is 24.6. The molecule has 0 aromatic heterocycles. The summed E-state index contributed by atoms with van der Waals surface area (Å²) in [5.41, 5.74) is 3.57. The Balaban J connectivity index is 1.71. The van der Waals surface area contributed by atoms with Gasteiger partial charge in [0, 0.05) is 22.0 Å². The predicted octanol–water partition coefficient (Wildman–Crippen LogP) is 5.29. The number of carbonyl (C=O) groups excluding carboxylic acids is 1. The summed E-state index contributed by atoms with van der Waals surface area (Å²) >= 11 is 6.52. The molecule has 3 nitrogen and oxygen atoms in total. The molecule has 0 aliphatic carbocycles. The zero-order valence-corrected chi connectivity index (χ0v) is 17.3. The quantitative estimate of drug-likeness (QED) is 0.408. The molecular formula is C23H21ClO3S. The molecular weight excluding hydrogens is 392 g/mol. The van der Waals surface area contributed by atoms with E-state index in [0.717, 1.165) is 21.6 Å². The number of ether oxygens (including phenoxy) is 1. The van der Waals surface area contributed by atoms with Gasteiger partial charge in [0.2, 0.25) is 0 Å². The average molecular weight is 413 g/mol. The first-order valence-electron chi connectivity index (χ1n) is 8.82. The number of carbonyl (C=O) groups is 1. The lowest BCUT2D eigenvalue weighted by atomic mass is 9.97. The summed E-state index contributed by atoms with van der Waals surface area (Å²) in [6.07, 6.45) is 1.65. The molecule has 0 heterocycles. The van der Waals surface area contributed by atoms with Gasteiger partial charge in [-0.15, -0.1) is 11.6 Å². The van der Waals surface area contributed by atoms with Gasteiger partial charge in [0.15, 0.2) is 4.87 Å². The summed E-state index contributed by atoms with van der Waals surface area (Å²) in [5.74, 6) is -0.486. The smallest absolute Gasteiger partial charge is 0.331 e. The minimum atomic E-state index is -1.27. The third-order valence-corrected chi connectivity index (χ3v) is 5.85. The maximum atomic E-state index is 12.5. The van der Waals surface area contributed by atoms with Crippen LogP contribution in [0.2, 0.25) is 0 Å². The Morgan fingerprint density at radius 3 is 2.00 bits per heavy atom. The SMILES string of the molecule is CS(=O)c1ccc(-c2ccc(C(C)(Cl)C(=O)OCc3ccccc3)cc2)cc1. The van der Waals surface area contributed by atoms with Gasteiger partial charge < -0.3 is 4.74 Å². The van der Waals surface area contributed by atoms with Crippen molar-refractivity contribution in [3.05, 3.63) is 90.0 Å². The Morgan fingerprint density at radius 1 is 0.929 bits per heavy atom. The maximum Gasteiger partial charge on any atom is 0.331 e. The van der Waals surface area contributed by atoms with Crippen molar-refractivity contribution < 1.29 is 13.7 Å². The van der Waals surface area contributed by atoms with Gasteiger partial charge in [0.1, 0.15) is 6.61 Å². The Kier molecular flexibility index (Phi) is 6.32. The summed E-state index contributed by atoms with van der Waals surface area (Å²) < 4.78 is 16.9. The average Bonchev–Trinajstić information content (AvgIpc) is 2.73. The molecule has 3 aromatic rings. The third-order valence-electron chi connectivity index (χ3n) is 4.54. The Morgan fingerprint density at radius 2 is 1.46 bits per heavy atom. The van der Waals surface area contributed by atoms with Gasteiger partial charge >= 0.3 is 5.97 Å². The van der Waals surface area contributed by atoms with E-state index in [2.05, 4.69) is 0 Å².